The van der Waals surface area contributed by atoms with Gasteiger partial charge in [-0.15, -0.1) is 0 Å². The number of nitrogens with two attached hydrogens (primary N) is 1. The molecule has 3 N–H and O–H groups in total. The number of hydrogen-bond donors (Lipinski definition) is 2. The minimum absolute atomic E-state index is 0.147. The van der Waals surface area contributed by atoms with Gasteiger partial charge in [-0.2, -0.15) is 16.9 Å². The zero-order valence-electron chi connectivity index (χ0n) is 10.5. The minimum Gasteiger partial charge on any atom is -0.354 e. The van der Waals surface area contributed by atoms with E-state index in [2.05, 4.69) is 23.6 Å². The van der Waals surface area contributed by atoms with Gasteiger partial charge in [0.05, 0.1) is 6.20 Å². The molecule has 17 heavy (non-hydrogen) atoms. The summed E-state index contributed by atoms with van der Waals surface area (Å²) in [5.74, 6) is 1.34. The van der Waals surface area contributed by atoms with Crippen molar-refractivity contribution in [2.45, 2.75) is 13.0 Å². The van der Waals surface area contributed by atoms with Crippen molar-refractivity contribution in [2.75, 3.05) is 18.6 Å². The molecule has 0 radical (unpaired) electrons. The highest BCUT2D eigenvalue weighted by Crippen LogP contribution is 2.09. The van der Waals surface area contributed by atoms with Crippen molar-refractivity contribution in [3.05, 3.63) is 18.0 Å². The van der Waals surface area contributed by atoms with E-state index < -0.39 is 6.04 Å². The topological polar surface area (TPSA) is 72.9 Å². The van der Waals surface area contributed by atoms with Crippen LogP contribution in [0.2, 0.25) is 0 Å². The van der Waals surface area contributed by atoms with Gasteiger partial charge in [-0.1, -0.05) is 6.92 Å². The van der Waals surface area contributed by atoms with Crippen LogP contribution in [0.15, 0.2) is 12.4 Å². The summed E-state index contributed by atoms with van der Waals surface area (Å²) in [6, 6.07) is -0.634. The van der Waals surface area contributed by atoms with Crippen molar-refractivity contribution < 1.29 is 4.79 Å². The van der Waals surface area contributed by atoms with Gasteiger partial charge in [0, 0.05) is 25.4 Å². The monoisotopic (exact) mass is 256 g/mol. The number of nitrogens with zero attached hydrogens (tertiary/aromatic N) is 2. The Bertz CT molecular complexity index is 366. The molecule has 2 unspecified atom stereocenters. The smallest absolute Gasteiger partial charge is 0.241 e. The summed E-state index contributed by atoms with van der Waals surface area (Å²) in [6.45, 7) is 2.76. The Balaban J connectivity index is 2.42. The van der Waals surface area contributed by atoms with Gasteiger partial charge in [0.15, 0.2) is 0 Å². The molecule has 6 heteroatoms. The molecule has 0 bridgehead atoms. The van der Waals surface area contributed by atoms with E-state index in [0.29, 0.717) is 12.5 Å². The van der Waals surface area contributed by atoms with Gasteiger partial charge < -0.3 is 11.1 Å². The second-order valence-electron chi connectivity index (χ2n) is 4.23. The predicted molar refractivity (Wildman–Crippen MR) is 70.7 cm³/mol. The molecule has 0 spiro atoms. The molecule has 0 aromatic carbocycles. The number of carbonyl (C=O) groups is 1. The summed E-state index contributed by atoms with van der Waals surface area (Å²) in [5, 5.41) is 6.86. The molecular weight excluding hydrogens is 236 g/mol. The Hall–Kier alpha value is -1.01. The summed E-state index contributed by atoms with van der Waals surface area (Å²) in [5.41, 5.74) is 6.58. The molecule has 5 nitrogen and oxygen atoms in total. The Kier molecular flexibility index (Phi) is 5.50. The van der Waals surface area contributed by atoms with Gasteiger partial charge in [-0.05, 0) is 17.9 Å². The number of thioether (sulfide) groups is 1. The molecule has 1 heterocycles. The number of aromatic nitrogens is 2. The van der Waals surface area contributed by atoms with Crippen molar-refractivity contribution in [3.63, 3.8) is 0 Å². The first kappa shape index (κ1) is 14.1. The van der Waals surface area contributed by atoms with Crippen molar-refractivity contribution in [2.24, 2.45) is 18.7 Å². The van der Waals surface area contributed by atoms with E-state index in [1.54, 1.807) is 35.9 Å². The first-order valence-corrected chi connectivity index (χ1v) is 6.94. The molecule has 0 aliphatic rings. The second-order valence-corrected chi connectivity index (χ2v) is 5.14. The number of amides is 1. The van der Waals surface area contributed by atoms with Gasteiger partial charge in [-0.25, -0.2) is 0 Å². The maximum atomic E-state index is 11.8. The third-order valence-electron chi connectivity index (χ3n) is 2.44. The summed E-state index contributed by atoms with van der Waals surface area (Å²) in [4.78, 5) is 11.8. The lowest BCUT2D eigenvalue weighted by Crippen LogP contribution is -2.36. The summed E-state index contributed by atoms with van der Waals surface area (Å²) in [7, 11) is 1.80. The zero-order chi connectivity index (χ0) is 12.8. The van der Waals surface area contributed by atoms with Crippen LogP contribution in [-0.4, -0.2) is 34.2 Å². The third-order valence-corrected chi connectivity index (χ3v) is 3.34. The van der Waals surface area contributed by atoms with E-state index in [0.717, 1.165) is 11.3 Å². The molecular formula is C11H20N4OS. The van der Waals surface area contributed by atoms with Crippen molar-refractivity contribution in [1.29, 1.82) is 0 Å². The molecule has 0 fully saturated rings. The van der Waals surface area contributed by atoms with Gasteiger partial charge in [0.25, 0.3) is 0 Å². The average Bonchev–Trinajstić information content (AvgIpc) is 2.72. The molecule has 1 aromatic rings. The molecule has 1 rings (SSSR count). The molecule has 1 amide bonds. The first-order chi connectivity index (χ1) is 8.04. The fraction of sp³-hybridized carbons (Fsp3) is 0.636. The van der Waals surface area contributed by atoms with Crippen LogP contribution in [-0.2, 0) is 11.8 Å². The molecule has 0 aliphatic heterocycles. The van der Waals surface area contributed by atoms with Crippen LogP contribution in [0.25, 0.3) is 0 Å². The van der Waals surface area contributed by atoms with E-state index in [1.807, 2.05) is 0 Å². The van der Waals surface area contributed by atoms with Gasteiger partial charge >= 0.3 is 0 Å². The lowest BCUT2D eigenvalue weighted by atomic mass is 10.1. The van der Waals surface area contributed by atoms with E-state index in [1.165, 1.54) is 0 Å². The van der Waals surface area contributed by atoms with Crippen LogP contribution in [0, 0.1) is 5.92 Å². The van der Waals surface area contributed by atoms with Gasteiger partial charge in [0.2, 0.25) is 5.91 Å². The van der Waals surface area contributed by atoms with E-state index in [-0.39, 0.29) is 5.91 Å². The largest absolute Gasteiger partial charge is 0.354 e. The predicted octanol–water partition coefficient (Wildman–Crippen LogP) is 0.535. The summed E-state index contributed by atoms with van der Waals surface area (Å²) >= 11 is 1.77. The lowest BCUT2D eigenvalue weighted by molar-refractivity contribution is -0.122. The molecule has 0 saturated carbocycles. The average molecular weight is 256 g/mol. The lowest BCUT2D eigenvalue weighted by Gasteiger charge is -2.14. The van der Waals surface area contributed by atoms with Crippen molar-refractivity contribution >= 4 is 17.7 Å². The van der Waals surface area contributed by atoms with Gasteiger partial charge in [0.1, 0.15) is 6.04 Å². The number of aryl methyl sites for hydroxylation is 1. The molecule has 96 valence electrons. The van der Waals surface area contributed by atoms with Crippen LogP contribution in [0.3, 0.4) is 0 Å². The standard InChI is InChI=1S/C11H20N4OS/c1-8(7-17-3)4-13-11(16)10(12)9-5-14-15(2)6-9/h5-6,8,10H,4,7,12H2,1-3H3,(H,13,16). The molecule has 0 saturated heterocycles. The fourth-order valence-corrected chi connectivity index (χ4v) is 2.17. The second kappa shape index (κ2) is 6.66. The Morgan fingerprint density at radius 1 is 1.71 bits per heavy atom. The van der Waals surface area contributed by atoms with E-state index >= 15 is 0 Å². The Morgan fingerprint density at radius 2 is 2.41 bits per heavy atom. The van der Waals surface area contributed by atoms with Crippen molar-refractivity contribution in [1.82, 2.24) is 15.1 Å². The van der Waals surface area contributed by atoms with Crippen molar-refractivity contribution in [3.8, 4) is 0 Å². The SMILES string of the molecule is CSCC(C)CNC(=O)C(N)c1cnn(C)c1. The molecule has 1 aromatic heterocycles. The Morgan fingerprint density at radius 3 is 2.94 bits per heavy atom. The number of rotatable bonds is 6. The highest BCUT2D eigenvalue weighted by Gasteiger charge is 2.17. The van der Waals surface area contributed by atoms with Crippen LogP contribution < -0.4 is 11.1 Å². The maximum absolute atomic E-state index is 11.8. The Labute approximate surface area is 106 Å². The highest BCUT2D eigenvalue weighted by atomic mass is 32.2. The summed E-state index contributed by atoms with van der Waals surface area (Å²) in [6.07, 6.45) is 5.44. The number of nitrogens with one attached hydrogen (secondary N) is 1. The molecule has 0 aliphatic carbocycles. The van der Waals surface area contributed by atoms with Crippen LogP contribution >= 0.6 is 11.8 Å². The number of carbonyl (C=O) groups excluding carboxylic acids is 1. The summed E-state index contributed by atoms with van der Waals surface area (Å²) < 4.78 is 1.64. The third kappa shape index (κ3) is 4.40. The number of hydrogen-bond acceptors (Lipinski definition) is 4. The normalized spacial score (nSPS) is 14.4. The molecule has 2 atom stereocenters. The maximum Gasteiger partial charge on any atom is 0.241 e. The fourth-order valence-electron chi connectivity index (χ4n) is 1.48. The quantitative estimate of drug-likeness (QED) is 0.779. The van der Waals surface area contributed by atoms with Gasteiger partial charge in [-0.3, -0.25) is 9.48 Å². The minimum atomic E-state index is -0.634. The highest BCUT2D eigenvalue weighted by molar-refractivity contribution is 7.98. The zero-order valence-corrected chi connectivity index (χ0v) is 11.3. The first-order valence-electron chi connectivity index (χ1n) is 5.55. The van der Waals surface area contributed by atoms with Crippen LogP contribution in [0.5, 0.6) is 0 Å². The van der Waals surface area contributed by atoms with E-state index in [4.69, 9.17) is 5.73 Å². The van der Waals surface area contributed by atoms with E-state index in [9.17, 15) is 4.79 Å². The van der Waals surface area contributed by atoms with Crippen LogP contribution in [0.4, 0.5) is 0 Å². The van der Waals surface area contributed by atoms with Crippen LogP contribution in [0.1, 0.15) is 18.5 Å².